The third-order valence-corrected chi connectivity index (χ3v) is 2.62. The minimum Gasteiger partial charge on any atom is -0.205 e. The molecule has 0 saturated carbocycles. The van der Waals surface area contributed by atoms with Gasteiger partial charge in [-0.15, -0.1) is 11.3 Å². The van der Waals surface area contributed by atoms with Crippen molar-refractivity contribution >= 4 is 21.4 Å². The van der Waals surface area contributed by atoms with Crippen molar-refractivity contribution in [1.29, 1.82) is 5.26 Å². The Morgan fingerprint density at radius 3 is 2.85 bits per heavy atom. The number of halogens is 2. The maximum absolute atomic E-state index is 13.3. The summed E-state index contributed by atoms with van der Waals surface area (Å²) in [5.41, 5.74) is -0.508. The molecule has 0 bridgehead atoms. The van der Waals surface area contributed by atoms with E-state index in [0.717, 1.165) is 0 Å². The zero-order chi connectivity index (χ0) is 9.42. The number of fused-ring (bicyclic) bond motifs is 1. The van der Waals surface area contributed by atoms with Crippen LogP contribution in [0.1, 0.15) is 5.56 Å². The molecule has 1 aromatic carbocycles. The first-order chi connectivity index (χ1) is 6.24. The van der Waals surface area contributed by atoms with Crippen molar-refractivity contribution in [3.8, 4) is 6.07 Å². The molecule has 13 heavy (non-hydrogen) atoms. The average Bonchev–Trinajstić information content (AvgIpc) is 2.53. The highest BCUT2D eigenvalue weighted by molar-refractivity contribution is 7.17. The van der Waals surface area contributed by atoms with Crippen molar-refractivity contribution in [2.75, 3.05) is 0 Å². The van der Waals surface area contributed by atoms with Crippen LogP contribution in [0.4, 0.5) is 8.78 Å². The standard InChI is InChI=1S/C9H3F2NS/c10-7-3-8-5(1-2-13-8)9(11)6(7)4-12/h1-3H. The van der Waals surface area contributed by atoms with Crippen molar-refractivity contribution in [1.82, 2.24) is 0 Å². The number of hydrogen-bond donors (Lipinski definition) is 0. The minimum absolute atomic E-state index is 0.308. The number of nitrogens with zero attached hydrogens (tertiary/aromatic N) is 1. The molecule has 0 saturated heterocycles. The van der Waals surface area contributed by atoms with Crippen LogP contribution in [-0.2, 0) is 0 Å². The van der Waals surface area contributed by atoms with E-state index in [2.05, 4.69) is 0 Å². The smallest absolute Gasteiger partial charge is 0.152 e. The molecule has 1 nitrogen and oxygen atoms in total. The van der Waals surface area contributed by atoms with Gasteiger partial charge in [-0.3, -0.25) is 0 Å². The van der Waals surface area contributed by atoms with Gasteiger partial charge in [-0.25, -0.2) is 8.78 Å². The quantitative estimate of drug-likeness (QED) is 0.633. The van der Waals surface area contributed by atoms with Crippen LogP contribution < -0.4 is 0 Å². The molecule has 0 aliphatic carbocycles. The van der Waals surface area contributed by atoms with Gasteiger partial charge in [-0.1, -0.05) is 0 Å². The second kappa shape index (κ2) is 2.79. The Kier molecular flexibility index (Phi) is 1.74. The fourth-order valence-electron chi connectivity index (χ4n) is 1.14. The van der Waals surface area contributed by atoms with E-state index in [4.69, 9.17) is 5.26 Å². The molecule has 2 aromatic rings. The number of nitriles is 1. The lowest BCUT2D eigenvalue weighted by Gasteiger charge is -1.96. The molecular formula is C9H3F2NS. The normalized spacial score (nSPS) is 10.2. The maximum atomic E-state index is 13.3. The average molecular weight is 195 g/mol. The predicted molar refractivity (Wildman–Crippen MR) is 46.5 cm³/mol. The molecule has 0 unspecified atom stereocenters. The Balaban J connectivity index is 2.95. The summed E-state index contributed by atoms with van der Waals surface area (Å²) in [6, 6.07) is 4.22. The van der Waals surface area contributed by atoms with Gasteiger partial charge in [-0.05, 0) is 17.5 Å². The summed E-state index contributed by atoms with van der Waals surface area (Å²) in [5.74, 6) is -1.56. The molecule has 2 rings (SSSR count). The van der Waals surface area contributed by atoms with E-state index in [0.29, 0.717) is 10.1 Å². The number of rotatable bonds is 0. The van der Waals surface area contributed by atoms with Gasteiger partial charge in [0.15, 0.2) is 5.82 Å². The first kappa shape index (κ1) is 8.14. The van der Waals surface area contributed by atoms with Gasteiger partial charge in [-0.2, -0.15) is 5.26 Å². The fraction of sp³-hybridized carbons (Fsp3) is 0. The van der Waals surface area contributed by atoms with Crippen molar-refractivity contribution in [3.63, 3.8) is 0 Å². The van der Waals surface area contributed by atoms with Gasteiger partial charge in [0.05, 0.1) is 0 Å². The zero-order valence-electron chi connectivity index (χ0n) is 6.34. The lowest BCUT2D eigenvalue weighted by molar-refractivity contribution is 0.586. The van der Waals surface area contributed by atoms with Gasteiger partial charge in [0.25, 0.3) is 0 Å². The summed E-state index contributed by atoms with van der Waals surface area (Å²) >= 11 is 1.25. The van der Waals surface area contributed by atoms with Crippen LogP contribution in [0, 0.1) is 23.0 Å². The Bertz CT molecular complexity index is 510. The van der Waals surface area contributed by atoms with Gasteiger partial charge < -0.3 is 0 Å². The van der Waals surface area contributed by atoms with Crippen LogP contribution in [0.2, 0.25) is 0 Å². The van der Waals surface area contributed by atoms with Crippen molar-refractivity contribution in [2.45, 2.75) is 0 Å². The number of benzene rings is 1. The molecule has 4 heteroatoms. The van der Waals surface area contributed by atoms with Gasteiger partial charge in [0, 0.05) is 10.1 Å². The highest BCUT2D eigenvalue weighted by Gasteiger charge is 2.13. The molecule has 0 N–H and O–H groups in total. The second-order valence-electron chi connectivity index (χ2n) is 2.49. The van der Waals surface area contributed by atoms with E-state index >= 15 is 0 Å². The predicted octanol–water partition coefficient (Wildman–Crippen LogP) is 3.05. The summed E-state index contributed by atoms with van der Waals surface area (Å²) in [6.07, 6.45) is 0. The number of hydrogen-bond acceptors (Lipinski definition) is 2. The summed E-state index contributed by atoms with van der Waals surface area (Å²) in [6.45, 7) is 0. The van der Waals surface area contributed by atoms with E-state index in [1.165, 1.54) is 29.5 Å². The van der Waals surface area contributed by atoms with Crippen LogP contribution in [0.3, 0.4) is 0 Å². The maximum Gasteiger partial charge on any atom is 0.152 e. The van der Waals surface area contributed by atoms with Crippen LogP contribution in [0.15, 0.2) is 17.5 Å². The molecule has 64 valence electrons. The Hall–Kier alpha value is -1.47. The fourth-order valence-corrected chi connectivity index (χ4v) is 1.95. The van der Waals surface area contributed by atoms with E-state index < -0.39 is 17.2 Å². The monoisotopic (exact) mass is 195 g/mol. The van der Waals surface area contributed by atoms with Crippen LogP contribution in [-0.4, -0.2) is 0 Å². The van der Waals surface area contributed by atoms with Crippen LogP contribution in [0.25, 0.3) is 10.1 Å². The third kappa shape index (κ3) is 1.09. The van der Waals surface area contributed by atoms with E-state index in [1.54, 1.807) is 5.38 Å². The zero-order valence-corrected chi connectivity index (χ0v) is 7.16. The van der Waals surface area contributed by atoms with Gasteiger partial charge in [0.1, 0.15) is 17.4 Å². The highest BCUT2D eigenvalue weighted by atomic mass is 32.1. The molecule has 0 radical (unpaired) electrons. The highest BCUT2D eigenvalue weighted by Crippen LogP contribution is 2.27. The molecule has 0 fully saturated rings. The van der Waals surface area contributed by atoms with E-state index in [1.807, 2.05) is 0 Å². The second-order valence-corrected chi connectivity index (χ2v) is 3.44. The first-order valence-electron chi connectivity index (χ1n) is 3.49. The minimum atomic E-state index is -0.796. The molecule has 1 heterocycles. The molecule has 0 aliphatic rings. The van der Waals surface area contributed by atoms with Gasteiger partial charge in [0.2, 0.25) is 0 Å². The van der Waals surface area contributed by atoms with Crippen LogP contribution in [0.5, 0.6) is 0 Å². The Morgan fingerprint density at radius 2 is 2.15 bits per heavy atom. The summed E-state index contributed by atoms with van der Waals surface area (Å²) in [4.78, 5) is 0. The lowest BCUT2D eigenvalue weighted by Crippen LogP contribution is -1.89. The van der Waals surface area contributed by atoms with Crippen molar-refractivity contribution < 1.29 is 8.78 Å². The van der Waals surface area contributed by atoms with Crippen molar-refractivity contribution in [3.05, 3.63) is 34.7 Å². The third-order valence-electron chi connectivity index (χ3n) is 1.76. The van der Waals surface area contributed by atoms with Crippen molar-refractivity contribution in [2.24, 2.45) is 0 Å². The topological polar surface area (TPSA) is 23.8 Å². The number of thiophene rings is 1. The molecule has 0 aliphatic heterocycles. The molecule has 0 amide bonds. The summed E-state index contributed by atoms with van der Waals surface area (Å²) in [7, 11) is 0. The SMILES string of the molecule is N#Cc1c(F)cc2sccc2c1F. The molecule has 1 aromatic heterocycles. The Morgan fingerprint density at radius 1 is 1.38 bits per heavy atom. The lowest BCUT2D eigenvalue weighted by atomic mass is 10.1. The van der Waals surface area contributed by atoms with Gasteiger partial charge >= 0.3 is 0 Å². The Labute approximate surface area is 76.8 Å². The summed E-state index contributed by atoms with van der Waals surface area (Å²) < 4.78 is 26.8. The molecule has 0 spiro atoms. The largest absolute Gasteiger partial charge is 0.205 e. The van der Waals surface area contributed by atoms with E-state index in [-0.39, 0.29) is 0 Å². The first-order valence-corrected chi connectivity index (χ1v) is 4.37. The van der Waals surface area contributed by atoms with E-state index in [9.17, 15) is 8.78 Å². The molecular weight excluding hydrogens is 192 g/mol. The molecule has 0 atom stereocenters. The van der Waals surface area contributed by atoms with Crippen LogP contribution >= 0.6 is 11.3 Å². The summed E-state index contributed by atoms with van der Waals surface area (Å²) in [5, 5.41) is 10.4.